The Kier molecular flexibility index (Phi) is 5.97. The van der Waals surface area contributed by atoms with Crippen molar-refractivity contribution in [2.24, 2.45) is 5.92 Å². The second-order valence-corrected chi connectivity index (χ2v) is 8.31. The van der Waals surface area contributed by atoms with Crippen molar-refractivity contribution < 1.29 is 14.3 Å². The van der Waals surface area contributed by atoms with Gasteiger partial charge in [-0.3, -0.25) is 9.59 Å². The number of nitrogens with one attached hydrogen (secondary N) is 1. The summed E-state index contributed by atoms with van der Waals surface area (Å²) in [6, 6.07) is 8.28. The Balaban J connectivity index is 1.27. The lowest BCUT2D eigenvalue weighted by Crippen LogP contribution is -2.43. The number of hydrogen-bond donors (Lipinski definition) is 1. The zero-order valence-electron chi connectivity index (χ0n) is 17.5. The van der Waals surface area contributed by atoms with Gasteiger partial charge >= 0.3 is 6.01 Å². The number of amides is 2. The maximum Gasteiger partial charge on any atom is 0.316 e. The molecule has 2 aromatic rings. The molecule has 1 saturated carbocycles. The summed E-state index contributed by atoms with van der Waals surface area (Å²) in [5.41, 5.74) is 3.21. The highest BCUT2D eigenvalue weighted by Crippen LogP contribution is 2.28. The Morgan fingerprint density at radius 3 is 2.53 bits per heavy atom. The van der Waals surface area contributed by atoms with Crippen LogP contribution < -0.4 is 15.0 Å². The van der Waals surface area contributed by atoms with Gasteiger partial charge in [0.25, 0.3) is 0 Å². The Morgan fingerprint density at radius 2 is 1.83 bits per heavy atom. The number of carbonyl (C=O) groups is 2. The van der Waals surface area contributed by atoms with E-state index in [1.807, 2.05) is 32.0 Å². The number of benzene rings is 1. The molecule has 1 atom stereocenters. The highest BCUT2D eigenvalue weighted by Gasteiger charge is 2.36. The molecule has 30 heavy (non-hydrogen) atoms. The summed E-state index contributed by atoms with van der Waals surface area (Å²) in [6.45, 7) is 4.53. The zero-order chi connectivity index (χ0) is 21.1. The lowest BCUT2D eigenvalue weighted by Gasteiger charge is -2.29. The van der Waals surface area contributed by atoms with Crippen LogP contribution in [-0.2, 0) is 9.59 Å². The van der Waals surface area contributed by atoms with Crippen LogP contribution in [0.2, 0.25) is 0 Å². The predicted octanol–water partition coefficient (Wildman–Crippen LogP) is 2.95. The molecule has 2 aliphatic rings. The summed E-state index contributed by atoms with van der Waals surface area (Å²) in [5, 5.41) is 3.15. The summed E-state index contributed by atoms with van der Waals surface area (Å²) >= 11 is 0. The second kappa shape index (κ2) is 8.81. The van der Waals surface area contributed by atoms with Gasteiger partial charge in [0.15, 0.2) is 0 Å². The number of nitrogens with zero attached hydrogens (tertiary/aromatic N) is 3. The van der Waals surface area contributed by atoms with Crippen LogP contribution in [0.4, 0.5) is 5.69 Å². The fourth-order valence-corrected chi connectivity index (χ4v) is 4.17. The second-order valence-electron chi connectivity index (χ2n) is 8.31. The van der Waals surface area contributed by atoms with E-state index in [1.165, 1.54) is 5.56 Å². The van der Waals surface area contributed by atoms with Gasteiger partial charge in [-0.25, -0.2) is 9.97 Å². The largest absolute Gasteiger partial charge is 0.460 e. The molecule has 0 bridgehead atoms. The summed E-state index contributed by atoms with van der Waals surface area (Å²) in [6.07, 6.45) is 7.08. The first-order valence-corrected chi connectivity index (χ1v) is 10.6. The summed E-state index contributed by atoms with van der Waals surface area (Å²) in [7, 11) is 0. The van der Waals surface area contributed by atoms with Crippen molar-refractivity contribution in [1.29, 1.82) is 0 Å². The van der Waals surface area contributed by atoms with Crippen LogP contribution in [0.25, 0.3) is 0 Å². The fourth-order valence-electron chi connectivity index (χ4n) is 4.17. The molecule has 1 aromatic carbocycles. The van der Waals surface area contributed by atoms with E-state index in [1.54, 1.807) is 23.4 Å². The average Bonchev–Trinajstić information content (AvgIpc) is 3.14. The summed E-state index contributed by atoms with van der Waals surface area (Å²) in [5.74, 6) is -0.311. The summed E-state index contributed by atoms with van der Waals surface area (Å²) < 4.78 is 5.82. The Morgan fingerprint density at radius 1 is 1.10 bits per heavy atom. The van der Waals surface area contributed by atoms with Gasteiger partial charge in [-0.05, 0) is 68.9 Å². The van der Waals surface area contributed by atoms with Crippen LogP contribution >= 0.6 is 0 Å². The number of carbonyl (C=O) groups excluding carboxylic acids is 2. The highest BCUT2D eigenvalue weighted by atomic mass is 16.5. The van der Waals surface area contributed by atoms with Gasteiger partial charge in [-0.15, -0.1) is 0 Å². The zero-order valence-corrected chi connectivity index (χ0v) is 17.5. The van der Waals surface area contributed by atoms with E-state index in [-0.39, 0.29) is 36.3 Å². The van der Waals surface area contributed by atoms with E-state index in [0.29, 0.717) is 12.6 Å². The Labute approximate surface area is 176 Å². The van der Waals surface area contributed by atoms with Crippen LogP contribution in [-0.4, -0.2) is 40.5 Å². The molecule has 1 saturated heterocycles. The monoisotopic (exact) mass is 408 g/mol. The Bertz CT molecular complexity index is 910. The third kappa shape index (κ3) is 4.61. The van der Waals surface area contributed by atoms with Crippen LogP contribution in [0, 0.1) is 19.8 Å². The first-order chi connectivity index (χ1) is 14.5. The maximum atomic E-state index is 12.8. The molecule has 7 heteroatoms. The number of ether oxygens (including phenoxy) is 1. The lowest BCUT2D eigenvalue weighted by atomic mass is 9.92. The molecular formula is C23H28N4O3. The van der Waals surface area contributed by atoms with E-state index in [9.17, 15) is 9.59 Å². The van der Waals surface area contributed by atoms with Crippen molar-refractivity contribution in [3.05, 3.63) is 47.8 Å². The van der Waals surface area contributed by atoms with Crippen molar-refractivity contribution in [2.45, 2.75) is 58.1 Å². The quantitative estimate of drug-likeness (QED) is 0.822. The summed E-state index contributed by atoms with van der Waals surface area (Å²) in [4.78, 5) is 35.2. The molecule has 158 valence electrons. The average molecular weight is 409 g/mol. The number of anilines is 1. The number of hydrogen-bond acceptors (Lipinski definition) is 5. The smallest absolute Gasteiger partial charge is 0.316 e. The molecule has 1 aliphatic carbocycles. The number of rotatable bonds is 5. The van der Waals surface area contributed by atoms with E-state index < -0.39 is 0 Å². The molecule has 1 unspecified atom stereocenters. The molecule has 7 nitrogen and oxygen atoms in total. The molecular weight excluding hydrogens is 380 g/mol. The maximum absolute atomic E-state index is 12.8. The van der Waals surface area contributed by atoms with Crippen LogP contribution in [0.1, 0.15) is 43.2 Å². The highest BCUT2D eigenvalue weighted by molar-refractivity contribution is 6.00. The third-order valence-electron chi connectivity index (χ3n) is 6.13. The molecule has 2 fully saturated rings. The molecule has 2 heterocycles. The first-order valence-electron chi connectivity index (χ1n) is 10.6. The van der Waals surface area contributed by atoms with Gasteiger partial charge in [0.2, 0.25) is 11.8 Å². The van der Waals surface area contributed by atoms with E-state index in [0.717, 1.165) is 36.9 Å². The molecule has 1 aliphatic heterocycles. The number of aryl methyl sites for hydroxylation is 2. The first kappa shape index (κ1) is 20.3. The van der Waals surface area contributed by atoms with Crippen molar-refractivity contribution in [1.82, 2.24) is 15.3 Å². The normalized spacial score (nSPS) is 24.0. The van der Waals surface area contributed by atoms with E-state index in [2.05, 4.69) is 15.3 Å². The van der Waals surface area contributed by atoms with Crippen LogP contribution in [0.15, 0.2) is 36.7 Å². The molecule has 4 rings (SSSR count). The van der Waals surface area contributed by atoms with Crippen molar-refractivity contribution in [3.8, 4) is 6.01 Å². The van der Waals surface area contributed by atoms with Crippen LogP contribution in [0.3, 0.4) is 0 Å². The number of aromatic nitrogens is 2. The van der Waals surface area contributed by atoms with Gasteiger partial charge in [0.05, 0.1) is 5.92 Å². The minimum absolute atomic E-state index is 0.0124. The molecule has 0 radical (unpaired) electrons. The van der Waals surface area contributed by atoms with Gasteiger partial charge in [0, 0.05) is 37.1 Å². The topological polar surface area (TPSA) is 84.4 Å². The Hall–Kier alpha value is -2.96. The standard InChI is InChI=1S/C23H28N4O3/c1-15-4-7-19(12-16(15)2)27-14-17(13-21(27)28)22(29)26-18-5-8-20(9-6-18)30-23-24-10-3-11-25-23/h3-4,7,10-12,17-18,20H,5-6,8-9,13-14H2,1-2H3,(H,26,29). The van der Waals surface area contributed by atoms with Gasteiger partial charge < -0.3 is 15.0 Å². The van der Waals surface area contributed by atoms with Crippen molar-refractivity contribution in [2.75, 3.05) is 11.4 Å². The molecule has 1 N–H and O–H groups in total. The van der Waals surface area contributed by atoms with Gasteiger partial charge in [0.1, 0.15) is 6.10 Å². The molecule has 0 spiro atoms. The third-order valence-corrected chi connectivity index (χ3v) is 6.13. The predicted molar refractivity (Wildman–Crippen MR) is 113 cm³/mol. The van der Waals surface area contributed by atoms with Gasteiger partial charge in [-0.2, -0.15) is 0 Å². The molecule has 2 amide bonds. The van der Waals surface area contributed by atoms with Crippen LogP contribution in [0.5, 0.6) is 6.01 Å². The fraction of sp³-hybridized carbons (Fsp3) is 0.478. The van der Waals surface area contributed by atoms with Crippen molar-refractivity contribution >= 4 is 17.5 Å². The molecule has 1 aromatic heterocycles. The minimum atomic E-state index is -0.300. The van der Waals surface area contributed by atoms with E-state index in [4.69, 9.17) is 4.74 Å². The van der Waals surface area contributed by atoms with Gasteiger partial charge in [-0.1, -0.05) is 6.07 Å². The van der Waals surface area contributed by atoms with Crippen molar-refractivity contribution in [3.63, 3.8) is 0 Å². The SMILES string of the molecule is Cc1ccc(N2CC(C(=O)NC3CCC(Oc4ncccn4)CC3)CC2=O)cc1C. The van der Waals surface area contributed by atoms with E-state index >= 15 is 0 Å². The lowest BCUT2D eigenvalue weighted by molar-refractivity contribution is -0.127. The minimum Gasteiger partial charge on any atom is -0.460 e.